The summed E-state index contributed by atoms with van der Waals surface area (Å²) < 4.78 is 7.07. The van der Waals surface area contributed by atoms with E-state index in [1.165, 1.54) is 13.2 Å². The normalized spacial score (nSPS) is 14.9. The number of carbonyl (C=O) groups is 1. The topological polar surface area (TPSA) is 119 Å². The third-order valence-electron chi connectivity index (χ3n) is 3.82. The maximum absolute atomic E-state index is 10.5. The minimum Gasteiger partial charge on any atom is -0.490 e. The van der Waals surface area contributed by atoms with Crippen LogP contribution >= 0.6 is 0 Å². The van der Waals surface area contributed by atoms with Crippen LogP contribution in [0.2, 0.25) is 0 Å². The lowest BCUT2D eigenvalue weighted by Crippen LogP contribution is -2.51. The standard InChI is InChI=1S/C15H18N6O3/c1-9-10(4-3-5-22)6-17-21(9)14-12(24-2)13(18-15(16)19-14)20-7-11(23)8-20/h3-6,11,23H,7-8H2,1-2H3,(H2,16,18,19). The molecule has 1 saturated heterocycles. The van der Waals surface area contributed by atoms with Gasteiger partial charge in [-0.25, -0.2) is 4.68 Å². The first kappa shape index (κ1) is 15.9. The van der Waals surface area contributed by atoms with E-state index < -0.39 is 0 Å². The van der Waals surface area contributed by atoms with Gasteiger partial charge in [-0.05, 0) is 19.1 Å². The molecule has 2 aromatic heterocycles. The quantitative estimate of drug-likeness (QED) is 0.579. The van der Waals surface area contributed by atoms with E-state index in [1.54, 1.807) is 17.0 Å². The van der Waals surface area contributed by atoms with Crippen molar-refractivity contribution in [2.75, 3.05) is 30.8 Å². The Balaban J connectivity index is 2.09. The summed E-state index contributed by atoms with van der Waals surface area (Å²) in [5.74, 6) is 1.44. The monoisotopic (exact) mass is 330 g/mol. The van der Waals surface area contributed by atoms with Crippen LogP contribution in [0.1, 0.15) is 11.3 Å². The summed E-state index contributed by atoms with van der Waals surface area (Å²) in [5, 5.41) is 13.8. The Bertz CT molecular complexity index is 795. The van der Waals surface area contributed by atoms with Gasteiger partial charge in [-0.3, -0.25) is 4.79 Å². The summed E-state index contributed by atoms with van der Waals surface area (Å²) in [5.41, 5.74) is 7.40. The molecule has 0 aliphatic carbocycles. The second-order valence-electron chi connectivity index (χ2n) is 5.41. The molecule has 3 rings (SSSR count). The number of ether oxygens (including phenoxy) is 1. The lowest BCUT2D eigenvalue weighted by atomic mass is 10.1. The summed E-state index contributed by atoms with van der Waals surface area (Å²) in [6, 6.07) is 0. The first-order valence-corrected chi connectivity index (χ1v) is 7.36. The summed E-state index contributed by atoms with van der Waals surface area (Å²) in [7, 11) is 1.52. The molecule has 1 aliphatic heterocycles. The van der Waals surface area contributed by atoms with E-state index in [2.05, 4.69) is 15.1 Å². The molecule has 0 unspecified atom stereocenters. The maximum atomic E-state index is 10.5. The number of carbonyl (C=O) groups excluding carboxylic acids is 1. The van der Waals surface area contributed by atoms with Crippen molar-refractivity contribution in [3.8, 4) is 11.6 Å². The van der Waals surface area contributed by atoms with E-state index >= 15 is 0 Å². The lowest BCUT2D eigenvalue weighted by Gasteiger charge is -2.37. The number of β-amino-alcohol motifs (C(OH)–C–C–N with tert-alkyl or cyclic N) is 1. The molecule has 24 heavy (non-hydrogen) atoms. The predicted molar refractivity (Wildman–Crippen MR) is 88.2 cm³/mol. The zero-order chi connectivity index (χ0) is 17.3. The first-order chi connectivity index (χ1) is 11.5. The number of aliphatic hydroxyl groups excluding tert-OH is 1. The van der Waals surface area contributed by atoms with Crippen LogP contribution in [0.3, 0.4) is 0 Å². The number of rotatable bonds is 5. The van der Waals surface area contributed by atoms with Crippen LogP contribution in [0, 0.1) is 6.92 Å². The number of hydrogen-bond acceptors (Lipinski definition) is 8. The van der Waals surface area contributed by atoms with Gasteiger partial charge >= 0.3 is 0 Å². The molecule has 0 radical (unpaired) electrons. The van der Waals surface area contributed by atoms with E-state index in [1.807, 2.05) is 11.8 Å². The van der Waals surface area contributed by atoms with E-state index in [-0.39, 0.29) is 12.1 Å². The fourth-order valence-electron chi connectivity index (χ4n) is 2.55. The van der Waals surface area contributed by atoms with Crippen LogP contribution < -0.4 is 15.4 Å². The smallest absolute Gasteiger partial charge is 0.224 e. The first-order valence-electron chi connectivity index (χ1n) is 7.36. The molecule has 0 aromatic carbocycles. The third kappa shape index (κ3) is 2.69. The SMILES string of the molecule is COc1c(N2CC(O)C2)nc(N)nc1-n1ncc(C=CC=O)c1C. The van der Waals surface area contributed by atoms with Crippen molar-refractivity contribution in [2.24, 2.45) is 0 Å². The third-order valence-corrected chi connectivity index (χ3v) is 3.82. The van der Waals surface area contributed by atoms with Gasteiger partial charge in [0.15, 0.2) is 5.82 Å². The predicted octanol–water partition coefficient (Wildman–Crippen LogP) is -0.0455. The van der Waals surface area contributed by atoms with Crippen molar-refractivity contribution in [1.82, 2.24) is 19.7 Å². The zero-order valence-corrected chi connectivity index (χ0v) is 13.4. The van der Waals surface area contributed by atoms with Gasteiger partial charge in [0, 0.05) is 18.7 Å². The van der Waals surface area contributed by atoms with Crippen LogP contribution in [-0.4, -0.2) is 57.4 Å². The number of allylic oxidation sites excluding steroid dienone is 1. The van der Waals surface area contributed by atoms with Crippen LogP contribution in [0.15, 0.2) is 12.3 Å². The molecule has 0 bridgehead atoms. The number of nitrogens with two attached hydrogens (primary N) is 1. The van der Waals surface area contributed by atoms with Gasteiger partial charge in [-0.1, -0.05) is 0 Å². The minimum absolute atomic E-state index is 0.0853. The Morgan fingerprint density at radius 1 is 1.38 bits per heavy atom. The molecular formula is C15H18N6O3. The number of aliphatic hydroxyl groups is 1. The highest BCUT2D eigenvalue weighted by molar-refractivity contribution is 5.74. The van der Waals surface area contributed by atoms with Crippen LogP contribution in [-0.2, 0) is 4.79 Å². The van der Waals surface area contributed by atoms with Gasteiger partial charge in [-0.2, -0.15) is 15.1 Å². The van der Waals surface area contributed by atoms with Crippen LogP contribution in [0.25, 0.3) is 11.9 Å². The van der Waals surface area contributed by atoms with Crippen molar-refractivity contribution in [2.45, 2.75) is 13.0 Å². The Morgan fingerprint density at radius 3 is 2.71 bits per heavy atom. The molecule has 2 aromatic rings. The highest BCUT2D eigenvalue weighted by Gasteiger charge is 2.31. The molecule has 3 heterocycles. The van der Waals surface area contributed by atoms with Gasteiger partial charge in [0.1, 0.15) is 6.29 Å². The molecule has 0 saturated carbocycles. The molecule has 0 spiro atoms. The second-order valence-corrected chi connectivity index (χ2v) is 5.41. The summed E-state index contributed by atoms with van der Waals surface area (Å²) in [6.07, 6.45) is 5.00. The molecule has 9 heteroatoms. The number of hydrogen-bond donors (Lipinski definition) is 2. The van der Waals surface area contributed by atoms with E-state index in [0.29, 0.717) is 36.8 Å². The fourth-order valence-corrected chi connectivity index (χ4v) is 2.55. The molecule has 0 amide bonds. The van der Waals surface area contributed by atoms with E-state index in [4.69, 9.17) is 10.5 Å². The number of anilines is 2. The van der Waals surface area contributed by atoms with Crippen LogP contribution in [0.5, 0.6) is 5.75 Å². The molecule has 1 aliphatic rings. The van der Waals surface area contributed by atoms with Crippen molar-refractivity contribution >= 4 is 24.1 Å². The van der Waals surface area contributed by atoms with Crippen molar-refractivity contribution < 1.29 is 14.6 Å². The average molecular weight is 330 g/mol. The number of aldehydes is 1. The number of nitrogens with zero attached hydrogens (tertiary/aromatic N) is 5. The Hall–Kier alpha value is -2.94. The molecular weight excluding hydrogens is 312 g/mol. The molecule has 1 fully saturated rings. The van der Waals surface area contributed by atoms with Gasteiger partial charge < -0.3 is 20.5 Å². The minimum atomic E-state index is -0.388. The highest BCUT2D eigenvalue weighted by Crippen LogP contribution is 2.35. The fraction of sp³-hybridized carbons (Fsp3) is 0.333. The second kappa shape index (κ2) is 6.28. The number of nitrogen functional groups attached to an aromatic ring is 1. The van der Waals surface area contributed by atoms with Gasteiger partial charge in [0.25, 0.3) is 0 Å². The van der Waals surface area contributed by atoms with Gasteiger partial charge in [0.2, 0.25) is 17.5 Å². The Morgan fingerprint density at radius 2 is 2.08 bits per heavy atom. The van der Waals surface area contributed by atoms with Gasteiger partial charge in [0.05, 0.1) is 25.1 Å². The largest absolute Gasteiger partial charge is 0.490 e. The number of aromatic nitrogens is 4. The molecule has 9 nitrogen and oxygen atoms in total. The van der Waals surface area contributed by atoms with Crippen molar-refractivity contribution in [3.63, 3.8) is 0 Å². The molecule has 126 valence electrons. The zero-order valence-electron chi connectivity index (χ0n) is 13.4. The van der Waals surface area contributed by atoms with E-state index in [9.17, 15) is 9.90 Å². The molecule has 0 atom stereocenters. The summed E-state index contributed by atoms with van der Waals surface area (Å²) >= 11 is 0. The van der Waals surface area contributed by atoms with Crippen molar-refractivity contribution in [1.29, 1.82) is 0 Å². The Labute approximate surface area is 138 Å². The number of methoxy groups -OCH3 is 1. The van der Waals surface area contributed by atoms with Crippen molar-refractivity contribution in [3.05, 3.63) is 23.5 Å². The summed E-state index contributed by atoms with van der Waals surface area (Å²) in [4.78, 5) is 20.8. The van der Waals surface area contributed by atoms with E-state index in [0.717, 1.165) is 11.3 Å². The lowest BCUT2D eigenvalue weighted by molar-refractivity contribution is -0.104. The van der Waals surface area contributed by atoms with Gasteiger partial charge in [-0.15, -0.1) is 0 Å². The summed E-state index contributed by atoms with van der Waals surface area (Å²) in [6.45, 7) is 2.76. The Kier molecular flexibility index (Phi) is 4.17. The average Bonchev–Trinajstić information content (AvgIpc) is 2.89. The maximum Gasteiger partial charge on any atom is 0.224 e. The van der Waals surface area contributed by atoms with Crippen LogP contribution in [0.4, 0.5) is 11.8 Å². The highest BCUT2D eigenvalue weighted by atomic mass is 16.5. The molecule has 3 N–H and O–H groups in total.